The fourth-order valence-corrected chi connectivity index (χ4v) is 1.05. The molecule has 0 aliphatic heterocycles. The molecular formula is C11H11NO. The Labute approximate surface area is 78.1 Å². The molecule has 0 fully saturated rings. The zero-order chi connectivity index (χ0) is 9.68. The van der Waals surface area contributed by atoms with Gasteiger partial charge in [-0.1, -0.05) is 18.1 Å². The Morgan fingerprint density at radius 3 is 2.69 bits per heavy atom. The predicted octanol–water partition coefficient (Wildman–Crippen LogP) is 1.62. The van der Waals surface area contributed by atoms with Crippen LogP contribution in [-0.4, -0.2) is 18.0 Å². The molecule has 0 unspecified atom stereocenters. The van der Waals surface area contributed by atoms with E-state index >= 15 is 0 Å². The normalized spacial score (nSPS) is 10.5. The van der Waals surface area contributed by atoms with Crippen molar-refractivity contribution in [1.29, 1.82) is 0 Å². The van der Waals surface area contributed by atoms with E-state index in [4.69, 9.17) is 0 Å². The van der Waals surface area contributed by atoms with Gasteiger partial charge in [-0.15, -0.1) is 5.92 Å². The van der Waals surface area contributed by atoms with E-state index in [0.717, 1.165) is 15.9 Å². The number of hydroxylamine groups is 1. The highest BCUT2D eigenvalue weighted by atomic mass is 16.5. The molecule has 0 spiro atoms. The van der Waals surface area contributed by atoms with Gasteiger partial charge in [-0.05, 0) is 19.1 Å². The van der Waals surface area contributed by atoms with Crippen LogP contribution in [0.2, 0.25) is 0 Å². The van der Waals surface area contributed by atoms with E-state index in [9.17, 15) is 5.21 Å². The zero-order valence-electron chi connectivity index (χ0n) is 7.74. The second-order valence-electron chi connectivity index (χ2n) is 2.64. The molecule has 13 heavy (non-hydrogen) atoms. The fraction of sp³-hybridized carbons (Fsp3) is 0.182. The molecule has 0 aromatic heterocycles. The summed E-state index contributed by atoms with van der Waals surface area (Å²) in [6.07, 6.45) is 1.51. The Morgan fingerprint density at radius 2 is 2.08 bits per heavy atom. The Balaban J connectivity index is 3.17. The van der Waals surface area contributed by atoms with Gasteiger partial charge in [-0.25, -0.2) is 4.74 Å². The molecule has 0 N–H and O–H groups in total. The van der Waals surface area contributed by atoms with Gasteiger partial charge >= 0.3 is 0 Å². The van der Waals surface area contributed by atoms with E-state index < -0.39 is 0 Å². The maximum Gasteiger partial charge on any atom is 0.182 e. The van der Waals surface area contributed by atoms with Crippen molar-refractivity contribution in [2.75, 3.05) is 7.05 Å². The summed E-state index contributed by atoms with van der Waals surface area (Å²) in [4.78, 5) is 0. The molecule has 2 nitrogen and oxygen atoms in total. The van der Waals surface area contributed by atoms with Crippen LogP contribution in [0.4, 0.5) is 0 Å². The minimum absolute atomic E-state index is 0.774. The summed E-state index contributed by atoms with van der Waals surface area (Å²) in [6.45, 7) is 1.78. The second-order valence-corrected chi connectivity index (χ2v) is 2.64. The largest absolute Gasteiger partial charge is 0.624 e. The van der Waals surface area contributed by atoms with Crippen LogP contribution in [0.25, 0.3) is 0 Å². The second kappa shape index (κ2) is 4.32. The summed E-state index contributed by atoms with van der Waals surface area (Å²) in [6, 6.07) is 7.55. The number of benzene rings is 1. The summed E-state index contributed by atoms with van der Waals surface area (Å²) in [5, 5.41) is 10.8. The average Bonchev–Trinajstić information content (AvgIpc) is 2.08. The smallest absolute Gasteiger partial charge is 0.182 e. The molecule has 0 radical (unpaired) electrons. The van der Waals surface area contributed by atoms with E-state index in [1.54, 1.807) is 6.92 Å². The van der Waals surface area contributed by atoms with Gasteiger partial charge in [0.2, 0.25) is 0 Å². The predicted molar refractivity (Wildman–Crippen MR) is 53.7 cm³/mol. The van der Waals surface area contributed by atoms with Crippen LogP contribution >= 0.6 is 0 Å². The quantitative estimate of drug-likeness (QED) is 0.208. The van der Waals surface area contributed by atoms with Crippen molar-refractivity contribution in [2.45, 2.75) is 6.92 Å². The lowest BCUT2D eigenvalue weighted by Gasteiger charge is -1.98. The first-order valence-electron chi connectivity index (χ1n) is 4.00. The molecule has 2 heteroatoms. The summed E-state index contributed by atoms with van der Waals surface area (Å²) in [5.74, 6) is 5.74. The van der Waals surface area contributed by atoms with Crippen molar-refractivity contribution in [3.63, 3.8) is 0 Å². The van der Waals surface area contributed by atoms with Crippen molar-refractivity contribution in [2.24, 2.45) is 0 Å². The summed E-state index contributed by atoms with van der Waals surface area (Å²) < 4.78 is 0.774. The minimum Gasteiger partial charge on any atom is -0.624 e. The molecule has 0 bridgehead atoms. The number of rotatable bonds is 1. The third kappa shape index (κ3) is 2.64. The fourth-order valence-electron chi connectivity index (χ4n) is 1.05. The maximum absolute atomic E-state index is 10.8. The standard InChI is InChI=1S/C11H11NO/c1-3-6-10-7-4-5-8-11(10)9-12(2)13/h4-5,7-9H,1-2H3/b12-9-. The van der Waals surface area contributed by atoms with Crippen LogP contribution in [0.5, 0.6) is 0 Å². The molecule has 0 atom stereocenters. The van der Waals surface area contributed by atoms with Gasteiger partial charge in [0, 0.05) is 5.56 Å². The monoisotopic (exact) mass is 173 g/mol. The number of nitrogens with zero attached hydrogens (tertiary/aromatic N) is 1. The van der Waals surface area contributed by atoms with Crippen LogP contribution in [0.15, 0.2) is 24.3 Å². The molecule has 1 rings (SSSR count). The average molecular weight is 173 g/mol. The Morgan fingerprint density at radius 1 is 1.38 bits per heavy atom. The lowest BCUT2D eigenvalue weighted by Crippen LogP contribution is -1.99. The highest BCUT2D eigenvalue weighted by Crippen LogP contribution is 2.03. The number of hydrogen-bond donors (Lipinski definition) is 0. The lowest BCUT2D eigenvalue weighted by molar-refractivity contribution is -0.416. The Kier molecular flexibility index (Phi) is 3.10. The highest BCUT2D eigenvalue weighted by Gasteiger charge is 1.97. The van der Waals surface area contributed by atoms with Crippen molar-refractivity contribution < 1.29 is 4.74 Å². The molecular weight excluding hydrogens is 162 g/mol. The lowest BCUT2D eigenvalue weighted by atomic mass is 10.1. The third-order valence-corrected chi connectivity index (χ3v) is 1.54. The zero-order valence-corrected chi connectivity index (χ0v) is 7.74. The van der Waals surface area contributed by atoms with Crippen LogP contribution < -0.4 is 0 Å². The minimum atomic E-state index is 0.774. The molecule has 1 aromatic carbocycles. The molecule has 0 aliphatic carbocycles. The van der Waals surface area contributed by atoms with Gasteiger partial charge in [0.15, 0.2) is 6.21 Å². The SMILES string of the molecule is CC#Cc1ccccc1/C=[N+](/C)[O-]. The van der Waals surface area contributed by atoms with Gasteiger partial charge in [0.05, 0.1) is 5.56 Å². The van der Waals surface area contributed by atoms with E-state index in [2.05, 4.69) is 11.8 Å². The van der Waals surface area contributed by atoms with Gasteiger partial charge in [-0.2, -0.15) is 0 Å². The van der Waals surface area contributed by atoms with Gasteiger partial charge in [0.25, 0.3) is 0 Å². The molecule has 0 aliphatic rings. The number of hydrogen-bond acceptors (Lipinski definition) is 1. The molecule has 0 heterocycles. The first-order valence-corrected chi connectivity index (χ1v) is 4.00. The highest BCUT2D eigenvalue weighted by molar-refractivity contribution is 5.80. The molecule has 0 amide bonds. The molecule has 0 saturated heterocycles. The summed E-state index contributed by atoms with van der Waals surface area (Å²) in [5.41, 5.74) is 1.74. The van der Waals surface area contributed by atoms with Crippen LogP contribution in [0, 0.1) is 17.0 Å². The third-order valence-electron chi connectivity index (χ3n) is 1.54. The van der Waals surface area contributed by atoms with E-state index in [1.165, 1.54) is 13.3 Å². The van der Waals surface area contributed by atoms with E-state index in [1.807, 2.05) is 24.3 Å². The molecule has 1 aromatic rings. The molecule has 0 saturated carbocycles. The van der Waals surface area contributed by atoms with E-state index in [0.29, 0.717) is 0 Å². The maximum atomic E-state index is 10.8. The van der Waals surface area contributed by atoms with Crippen LogP contribution in [-0.2, 0) is 0 Å². The van der Waals surface area contributed by atoms with Crippen LogP contribution in [0.3, 0.4) is 0 Å². The first kappa shape index (κ1) is 9.34. The van der Waals surface area contributed by atoms with Crippen molar-refractivity contribution >= 4 is 6.21 Å². The van der Waals surface area contributed by atoms with Gasteiger partial charge < -0.3 is 5.21 Å². The van der Waals surface area contributed by atoms with Gasteiger partial charge in [-0.3, -0.25) is 0 Å². The van der Waals surface area contributed by atoms with Crippen molar-refractivity contribution in [3.8, 4) is 11.8 Å². The summed E-state index contributed by atoms with van der Waals surface area (Å²) >= 11 is 0. The summed E-state index contributed by atoms with van der Waals surface area (Å²) in [7, 11) is 1.45. The molecule has 66 valence electrons. The van der Waals surface area contributed by atoms with E-state index in [-0.39, 0.29) is 0 Å². The first-order chi connectivity index (χ1) is 6.24. The Hall–Kier alpha value is -1.75. The van der Waals surface area contributed by atoms with Crippen molar-refractivity contribution in [1.82, 2.24) is 0 Å². The van der Waals surface area contributed by atoms with Gasteiger partial charge in [0.1, 0.15) is 7.05 Å². The van der Waals surface area contributed by atoms with Crippen molar-refractivity contribution in [3.05, 3.63) is 40.6 Å². The van der Waals surface area contributed by atoms with Crippen LogP contribution in [0.1, 0.15) is 18.1 Å². The Bertz CT molecular complexity index is 379. The topological polar surface area (TPSA) is 26.1 Å².